The van der Waals surface area contributed by atoms with Crippen molar-refractivity contribution in [2.75, 3.05) is 11.8 Å². The largest absolute Gasteiger partial charge is 0.479 e. The summed E-state index contributed by atoms with van der Waals surface area (Å²) in [5.74, 6) is -2.18. The summed E-state index contributed by atoms with van der Waals surface area (Å²) in [6, 6.07) is 3.52. The third-order valence-electron chi connectivity index (χ3n) is 4.27. The molecular formula is C18H22F2N2O5S2. The Hall–Kier alpha value is -1.95. The van der Waals surface area contributed by atoms with E-state index in [9.17, 15) is 22.3 Å². The van der Waals surface area contributed by atoms with Gasteiger partial charge >= 0.3 is 0 Å². The van der Waals surface area contributed by atoms with Crippen LogP contribution in [0.4, 0.5) is 14.5 Å². The van der Waals surface area contributed by atoms with E-state index in [2.05, 4.69) is 9.71 Å². The Kier molecular flexibility index (Phi) is 6.78. The predicted molar refractivity (Wildman–Crippen MR) is 105 cm³/mol. The van der Waals surface area contributed by atoms with Crippen molar-refractivity contribution in [3.63, 3.8) is 0 Å². The second-order valence-electron chi connectivity index (χ2n) is 7.14. The molecule has 1 aromatic carbocycles. The zero-order valence-electron chi connectivity index (χ0n) is 16.5. The molecule has 160 valence electrons. The van der Waals surface area contributed by atoms with Gasteiger partial charge in [-0.2, -0.15) is 0 Å². The lowest BCUT2D eigenvalue weighted by atomic mass is 9.90. The van der Waals surface area contributed by atoms with Crippen molar-refractivity contribution in [3.05, 3.63) is 42.1 Å². The standard InChI is InChI=1S/C18H22F2N2O5S2/c1-17(2,23)18(3,4)27-28-12-9-14(16(26-5)21-10-12)22-29(24,25)15-7-6-11(19)8-13(15)20/h6-10,22-23H,1-5H3. The number of nitrogens with one attached hydrogen (secondary N) is 1. The van der Waals surface area contributed by atoms with E-state index in [1.165, 1.54) is 19.4 Å². The second kappa shape index (κ2) is 8.42. The molecule has 0 fully saturated rings. The number of hydrogen-bond acceptors (Lipinski definition) is 7. The molecule has 2 rings (SSSR count). The first-order valence-corrected chi connectivity index (χ1v) is 10.6. The number of sulfonamides is 1. The molecule has 0 aliphatic rings. The third kappa shape index (κ3) is 5.56. The number of aliphatic hydroxyl groups is 1. The summed E-state index contributed by atoms with van der Waals surface area (Å²) >= 11 is 0.878. The fourth-order valence-electron chi connectivity index (χ4n) is 1.86. The summed E-state index contributed by atoms with van der Waals surface area (Å²) < 4.78 is 65.0. The van der Waals surface area contributed by atoms with Crippen LogP contribution in [-0.2, 0) is 14.2 Å². The highest BCUT2D eigenvalue weighted by atomic mass is 32.2. The molecule has 1 aromatic heterocycles. The molecule has 0 saturated heterocycles. The Morgan fingerprint density at radius 3 is 2.38 bits per heavy atom. The van der Waals surface area contributed by atoms with E-state index in [1.54, 1.807) is 27.7 Å². The minimum absolute atomic E-state index is 0.0535. The Labute approximate surface area is 172 Å². The van der Waals surface area contributed by atoms with Gasteiger partial charge in [0.15, 0.2) is 0 Å². The Morgan fingerprint density at radius 1 is 1.17 bits per heavy atom. The molecule has 2 aromatic rings. The molecule has 0 radical (unpaired) electrons. The van der Waals surface area contributed by atoms with Gasteiger partial charge in [-0.3, -0.25) is 4.72 Å². The average Bonchev–Trinajstić information content (AvgIpc) is 2.58. The van der Waals surface area contributed by atoms with Gasteiger partial charge in [-0.15, -0.1) is 0 Å². The number of ether oxygens (including phenoxy) is 1. The highest BCUT2D eigenvalue weighted by molar-refractivity contribution is 7.94. The Balaban J connectivity index is 2.31. The molecular weight excluding hydrogens is 426 g/mol. The lowest BCUT2D eigenvalue weighted by molar-refractivity contribution is -0.0813. The van der Waals surface area contributed by atoms with Gasteiger partial charge in [-0.25, -0.2) is 22.2 Å². The molecule has 0 aliphatic heterocycles. The molecule has 0 amide bonds. The van der Waals surface area contributed by atoms with E-state index >= 15 is 0 Å². The summed E-state index contributed by atoms with van der Waals surface area (Å²) in [6.07, 6.45) is 1.39. The van der Waals surface area contributed by atoms with E-state index in [-0.39, 0.29) is 11.6 Å². The van der Waals surface area contributed by atoms with Gasteiger partial charge in [-0.05, 0) is 45.9 Å². The zero-order chi connectivity index (χ0) is 22.0. The van der Waals surface area contributed by atoms with E-state index in [4.69, 9.17) is 8.92 Å². The maximum atomic E-state index is 13.9. The maximum Gasteiger partial charge on any atom is 0.264 e. The SMILES string of the molecule is COc1ncc(SOC(C)(C)C(C)(C)O)cc1NS(=O)(=O)c1ccc(F)cc1F. The minimum atomic E-state index is -4.38. The van der Waals surface area contributed by atoms with Crippen molar-refractivity contribution in [1.82, 2.24) is 4.98 Å². The predicted octanol–water partition coefficient (Wildman–Crippen LogP) is 3.74. The highest BCUT2D eigenvalue weighted by Gasteiger charge is 2.37. The van der Waals surface area contributed by atoms with Crippen LogP contribution in [0, 0.1) is 11.6 Å². The van der Waals surface area contributed by atoms with Crippen LogP contribution in [0.2, 0.25) is 0 Å². The van der Waals surface area contributed by atoms with Crippen molar-refractivity contribution in [3.8, 4) is 5.88 Å². The molecule has 7 nitrogen and oxygen atoms in total. The zero-order valence-corrected chi connectivity index (χ0v) is 18.1. The molecule has 0 spiro atoms. The normalized spacial score (nSPS) is 12.7. The van der Waals surface area contributed by atoms with E-state index in [0.717, 1.165) is 24.2 Å². The van der Waals surface area contributed by atoms with Crippen LogP contribution >= 0.6 is 12.0 Å². The number of rotatable bonds is 8. The van der Waals surface area contributed by atoms with Gasteiger partial charge in [0.25, 0.3) is 10.0 Å². The summed E-state index contributed by atoms with van der Waals surface area (Å²) in [5.41, 5.74) is -2.15. The number of hydrogen-bond donors (Lipinski definition) is 2. The molecule has 2 N–H and O–H groups in total. The fourth-order valence-corrected chi connectivity index (χ4v) is 3.74. The van der Waals surface area contributed by atoms with Crippen LogP contribution < -0.4 is 9.46 Å². The lowest BCUT2D eigenvalue weighted by Crippen LogP contribution is -2.45. The number of benzene rings is 1. The molecule has 0 bridgehead atoms. The van der Waals surface area contributed by atoms with Gasteiger partial charge in [0.2, 0.25) is 5.88 Å². The maximum absolute atomic E-state index is 13.9. The summed E-state index contributed by atoms with van der Waals surface area (Å²) in [6.45, 7) is 6.57. The highest BCUT2D eigenvalue weighted by Crippen LogP contribution is 2.35. The Bertz CT molecular complexity index is 992. The number of halogens is 2. The van der Waals surface area contributed by atoms with Crippen LogP contribution in [0.5, 0.6) is 5.88 Å². The Morgan fingerprint density at radius 2 is 1.83 bits per heavy atom. The van der Waals surface area contributed by atoms with Gasteiger partial charge in [0.05, 0.1) is 17.6 Å². The summed E-state index contributed by atoms with van der Waals surface area (Å²) in [4.78, 5) is 3.69. The fraction of sp³-hybridized carbons (Fsp3) is 0.389. The quantitative estimate of drug-likeness (QED) is 0.594. The van der Waals surface area contributed by atoms with Crippen molar-refractivity contribution >= 4 is 27.8 Å². The molecule has 0 aliphatic carbocycles. The number of pyridine rings is 1. The van der Waals surface area contributed by atoms with Crippen LogP contribution in [0.3, 0.4) is 0 Å². The average molecular weight is 449 g/mol. The minimum Gasteiger partial charge on any atom is -0.479 e. The third-order valence-corrected chi connectivity index (χ3v) is 6.58. The van der Waals surface area contributed by atoms with Gasteiger partial charge < -0.3 is 14.0 Å². The van der Waals surface area contributed by atoms with Crippen molar-refractivity contribution < 1.29 is 31.2 Å². The summed E-state index contributed by atoms with van der Waals surface area (Å²) in [7, 11) is -3.09. The van der Waals surface area contributed by atoms with E-state index < -0.39 is 37.8 Å². The number of anilines is 1. The topological polar surface area (TPSA) is 97.8 Å². The van der Waals surface area contributed by atoms with E-state index in [1.807, 2.05) is 0 Å². The van der Waals surface area contributed by atoms with Gasteiger partial charge in [-0.1, -0.05) is 0 Å². The summed E-state index contributed by atoms with van der Waals surface area (Å²) in [5, 5.41) is 10.2. The van der Waals surface area contributed by atoms with Crippen molar-refractivity contribution in [1.29, 1.82) is 0 Å². The molecule has 0 atom stereocenters. The van der Waals surface area contributed by atoms with Gasteiger partial charge in [0, 0.05) is 24.3 Å². The first-order valence-electron chi connectivity index (χ1n) is 8.37. The molecule has 11 heteroatoms. The van der Waals surface area contributed by atoms with Crippen molar-refractivity contribution in [2.24, 2.45) is 0 Å². The lowest BCUT2D eigenvalue weighted by Gasteiger charge is -2.35. The first-order chi connectivity index (χ1) is 13.3. The van der Waals surface area contributed by atoms with Crippen molar-refractivity contribution in [2.45, 2.75) is 48.7 Å². The van der Waals surface area contributed by atoms with Crippen LogP contribution in [0.15, 0.2) is 40.3 Å². The monoisotopic (exact) mass is 448 g/mol. The smallest absolute Gasteiger partial charge is 0.264 e. The molecule has 29 heavy (non-hydrogen) atoms. The van der Waals surface area contributed by atoms with Crippen LogP contribution in [0.25, 0.3) is 0 Å². The molecule has 1 heterocycles. The van der Waals surface area contributed by atoms with Crippen LogP contribution in [0.1, 0.15) is 27.7 Å². The molecule has 0 unspecified atom stereocenters. The van der Waals surface area contributed by atoms with E-state index in [0.29, 0.717) is 11.0 Å². The van der Waals surface area contributed by atoms with Gasteiger partial charge in [0.1, 0.15) is 27.8 Å². The molecule has 0 saturated carbocycles. The number of nitrogens with zero attached hydrogens (tertiary/aromatic N) is 1. The number of methoxy groups -OCH3 is 1. The van der Waals surface area contributed by atoms with Crippen LogP contribution in [-0.4, -0.2) is 36.8 Å². The first kappa shape index (κ1) is 23.3. The second-order valence-corrected chi connectivity index (χ2v) is 9.60. The number of aromatic nitrogens is 1.